The van der Waals surface area contributed by atoms with Gasteiger partial charge in [-0.05, 0) is 72.3 Å². The Kier molecular flexibility index (Phi) is 7.35. The van der Waals surface area contributed by atoms with E-state index in [1.165, 1.54) is 0 Å². The summed E-state index contributed by atoms with van der Waals surface area (Å²) < 4.78 is 0. The lowest BCUT2D eigenvalue weighted by Gasteiger charge is -2.09. The van der Waals surface area contributed by atoms with E-state index in [0.717, 1.165) is 16.2 Å². The van der Waals surface area contributed by atoms with Crippen LogP contribution in [-0.4, -0.2) is 16.9 Å². The van der Waals surface area contributed by atoms with Crippen LogP contribution in [0.15, 0.2) is 108 Å². The third-order valence-electron chi connectivity index (χ3n) is 4.68. The van der Waals surface area contributed by atoms with E-state index in [2.05, 4.69) is 20.9 Å². The Balaban J connectivity index is 1.27. The van der Waals surface area contributed by atoms with Gasteiger partial charge in [0.05, 0.1) is 0 Å². The Morgan fingerprint density at radius 3 is 1.97 bits per heavy atom. The zero-order valence-electron chi connectivity index (χ0n) is 17.7. The maximum Gasteiger partial charge on any atom is 0.323 e. The number of benzene rings is 3. The average molecular weight is 455 g/mol. The fourth-order valence-corrected chi connectivity index (χ4v) is 3.84. The van der Waals surface area contributed by atoms with Crippen LogP contribution in [0.25, 0.3) is 0 Å². The highest BCUT2D eigenvalue weighted by Gasteiger charge is 2.08. The molecule has 0 aliphatic heterocycles. The van der Waals surface area contributed by atoms with Crippen LogP contribution in [0.2, 0.25) is 0 Å². The van der Waals surface area contributed by atoms with Crippen LogP contribution < -0.4 is 16.0 Å². The predicted molar refractivity (Wildman–Crippen MR) is 134 cm³/mol. The lowest BCUT2D eigenvalue weighted by Crippen LogP contribution is -2.19. The number of carbonyl (C=O) groups excluding carboxylic acids is 2. The number of anilines is 3. The van der Waals surface area contributed by atoms with E-state index < -0.39 is 0 Å². The number of hydrogen-bond donors (Lipinski definition) is 3. The number of nitrogens with one attached hydrogen (secondary N) is 3. The largest absolute Gasteiger partial charge is 0.323 e. The standard InChI is InChI=1S/C26H22N4O2S/c31-25(20-8-14-24(15-9-20)33-18-19-5-4-16-27-17-19)28-22-10-12-23(13-11-22)30-26(32)29-21-6-2-1-3-7-21/h1-17H,18H2,(H,28,31)(H2,29,30,32). The summed E-state index contributed by atoms with van der Waals surface area (Å²) in [5, 5.41) is 8.39. The molecule has 0 fully saturated rings. The van der Waals surface area contributed by atoms with Crippen LogP contribution in [0.1, 0.15) is 15.9 Å². The molecular weight excluding hydrogens is 432 g/mol. The Labute approximate surface area is 196 Å². The summed E-state index contributed by atoms with van der Waals surface area (Å²) in [6.45, 7) is 0. The molecule has 0 radical (unpaired) electrons. The second-order valence-corrected chi connectivity index (χ2v) is 8.20. The van der Waals surface area contributed by atoms with Gasteiger partial charge in [0.25, 0.3) is 5.91 Å². The van der Waals surface area contributed by atoms with E-state index in [4.69, 9.17) is 0 Å². The molecule has 164 valence electrons. The van der Waals surface area contributed by atoms with Gasteiger partial charge in [0, 0.05) is 45.7 Å². The number of amides is 3. The number of thioether (sulfide) groups is 1. The highest BCUT2D eigenvalue weighted by Crippen LogP contribution is 2.23. The minimum absolute atomic E-state index is 0.193. The molecule has 4 rings (SSSR count). The van der Waals surface area contributed by atoms with E-state index >= 15 is 0 Å². The topological polar surface area (TPSA) is 83.1 Å². The summed E-state index contributed by atoms with van der Waals surface area (Å²) in [5.41, 5.74) is 3.70. The fraction of sp³-hybridized carbons (Fsp3) is 0.0385. The van der Waals surface area contributed by atoms with Crippen LogP contribution in [-0.2, 0) is 5.75 Å². The van der Waals surface area contributed by atoms with Crippen LogP contribution in [0.5, 0.6) is 0 Å². The third-order valence-corrected chi connectivity index (χ3v) is 5.76. The first-order valence-corrected chi connectivity index (χ1v) is 11.3. The molecule has 0 aliphatic rings. The van der Waals surface area contributed by atoms with Gasteiger partial charge in [-0.1, -0.05) is 24.3 Å². The Morgan fingerprint density at radius 1 is 0.697 bits per heavy atom. The highest BCUT2D eigenvalue weighted by atomic mass is 32.2. The molecule has 0 saturated heterocycles. The summed E-state index contributed by atoms with van der Waals surface area (Å²) in [6, 6.07) is 27.3. The van der Waals surface area contributed by atoms with E-state index in [1.807, 2.05) is 72.9 Å². The zero-order valence-corrected chi connectivity index (χ0v) is 18.5. The first-order valence-electron chi connectivity index (χ1n) is 10.3. The molecule has 3 N–H and O–H groups in total. The smallest absolute Gasteiger partial charge is 0.322 e. The van der Waals surface area contributed by atoms with Crippen molar-refractivity contribution in [2.24, 2.45) is 0 Å². The first kappa shape index (κ1) is 22.1. The van der Waals surface area contributed by atoms with Gasteiger partial charge >= 0.3 is 6.03 Å². The van der Waals surface area contributed by atoms with Gasteiger partial charge in [-0.3, -0.25) is 9.78 Å². The Morgan fingerprint density at radius 2 is 1.33 bits per heavy atom. The molecule has 33 heavy (non-hydrogen) atoms. The molecule has 3 amide bonds. The SMILES string of the molecule is O=C(Nc1ccccc1)Nc1ccc(NC(=O)c2ccc(SCc3cccnc3)cc2)cc1. The van der Waals surface area contributed by atoms with Crippen molar-refractivity contribution in [1.82, 2.24) is 4.98 Å². The number of nitrogens with zero attached hydrogens (tertiary/aromatic N) is 1. The maximum absolute atomic E-state index is 12.6. The molecule has 0 aliphatic carbocycles. The van der Waals surface area contributed by atoms with Crippen LogP contribution in [0, 0.1) is 0 Å². The van der Waals surface area contributed by atoms with Gasteiger partial charge < -0.3 is 16.0 Å². The second-order valence-electron chi connectivity index (χ2n) is 7.15. The number of para-hydroxylation sites is 1. The number of hydrogen-bond acceptors (Lipinski definition) is 4. The summed E-state index contributed by atoms with van der Waals surface area (Å²) in [4.78, 5) is 29.9. The molecule has 0 spiro atoms. The van der Waals surface area contributed by atoms with Gasteiger partial charge in [0.2, 0.25) is 0 Å². The van der Waals surface area contributed by atoms with Crippen molar-refractivity contribution in [2.75, 3.05) is 16.0 Å². The predicted octanol–water partition coefficient (Wildman–Crippen LogP) is 6.27. The van der Waals surface area contributed by atoms with E-state index in [1.54, 1.807) is 42.2 Å². The van der Waals surface area contributed by atoms with Crippen molar-refractivity contribution >= 4 is 40.8 Å². The number of carbonyl (C=O) groups is 2. The van der Waals surface area contributed by atoms with Crippen molar-refractivity contribution in [3.63, 3.8) is 0 Å². The number of aromatic nitrogens is 1. The summed E-state index contributed by atoms with van der Waals surface area (Å²) >= 11 is 1.69. The van der Waals surface area contributed by atoms with E-state index in [-0.39, 0.29) is 11.9 Å². The van der Waals surface area contributed by atoms with Crippen LogP contribution in [0.3, 0.4) is 0 Å². The van der Waals surface area contributed by atoms with Gasteiger partial charge in [-0.25, -0.2) is 4.79 Å². The monoisotopic (exact) mass is 454 g/mol. The molecule has 0 unspecified atom stereocenters. The van der Waals surface area contributed by atoms with Crippen LogP contribution >= 0.6 is 11.8 Å². The molecule has 6 nitrogen and oxygen atoms in total. The minimum atomic E-state index is -0.334. The summed E-state index contributed by atoms with van der Waals surface area (Å²) in [6.07, 6.45) is 3.61. The number of pyridine rings is 1. The molecule has 4 aromatic rings. The Bertz CT molecular complexity index is 1200. The molecular formula is C26H22N4O2S. The number of rotatable bonds is 7. The summed E-state index contributed by atoms with van der Waals surface area (Å²) in [7, 11) is 0. The van der Waals surface area contributed by atoms with Crippen molar-refractivity contribution in [3.05, 3.63) is 115 Å². The lowest BCUT2D eigenvalue weighted by atomic mass is 10.2. The van der Waals surface area contributed by atoms with Gasteiger partial charge in [0.15, 0.2) is 0 Å². The van der Waals surface area contributed by atoms with E-state index in [9.17, 15) is 9.59 Å². The van der Waals surface area contributed by atoms with Crippen LogP contribution in [0.4, 0.5) is 21.9 Å². The molecule has 0 bridgehead atoms. The molecule has 0 atom stereocenters. The van der Waals surface area contributed by atoms with Gasteiger partial charge in [0.1, 0.15) is 0 Å². The van der Waals surface area contributed by atoms with Crippen molar-refractivity contribution in [3.8, 4) is 0 Å². The molecule has 1 aromatic heterocycles. The van der Waals surface area contributed by atoms with E-state index in [0.29, 0.717) is 22.6 Å². The fourth-order valence-electron chi connectivity index (χ4n) is 3.01. The quantitative estimate of drug-likeness (QED) is 0.287. The van der Waals surface area contributed by atoms with Gasteiger partial charge in [-0.2, -0.15) is 0 Å². The molecule has 1 heterocycles. The normalized spacial score (nSPS) is 10.3. The maximum atomic E-state index is 12.6. The van der Waals surface area contributed by atoms with Crippen molar-refractivity contribution in [2.45, 2.75) is 10.6 Å². The third kappa shape index (κ3) is 6.69. The molecule has 3 aromatic carbocycles. The second kappa shape index (κ2) is 11.0. The zero-order chi connectivity index (χ0) is 22.9. The van der Waals surface area contributed by atoms with Crippen molar-refractivity contribution < 1.29 is 9.59 Å². The first-order chi connectivity index (χ1) is 16.2. The molecule has 0 saturated carbocycles. The lowest BCUT2D eigenvalue weighted by molar-refractivity contribution is 0.102. The average Bonchev–Trinajstić information content (AvgIpc) is 2.85. The minimum Gasteiger partial charge on any atom is -0.322 e. The highest BCUT2D eigenvalue weighted by molar-refractivity contribution is 7.98. The summed E-state index contributed by atoms with van der Waals surface area (Å²) in [5.74, 6) is 0.629. The van der Waals surface area contributed by atoms with Gasteiger partial charge in [-0.15, -0.1) is 11.8 Å². The Hall–Kier alpha value is -4.10. The van der Waals surface area contributed by atoms with Crippen molar-refractivity contribution in [1.29, 1.82) is 0 Å². The molecule has 7 heteroatoms. The number of urea groups is 1.